The lowest BCUT2D eigenvalue weighted by Gasteiger charge is -2.34. The molecule has 1 aliphatic heterocycles. The third kappa shape index (κ3) is 3.65. The van der Waals surface area contributed by atoms with Gasteiger partial charge >= 0.3 is 0 Å². The van der Waals surface area contributed by atoms with Crippen molar-refractivity contribution in [3.05, 3.63) is 17.0 Å². The van der Waals surface area contributed by atoms with E-state index in [0.717, 1.165) is 11.4 Å². The van der Waals surface area contributed by atoms with Crippen LogP contribution in [0, 0.1) is 0 Å². The zero-order valence-electron chi connectivity index (χ0n) is 12.4. The van der Waals surface area contributed by atoms with E-state index in [2.05, 4.69) is 5.32 Å². The highest BCUT2D eigenvalue weighted by atomic mass is 32.2. The number of nitrogens with zero attached hydrogens (tertiary/aromatic N) is 1. The Morgan fingerprint density at radius 2 is 1.95 bits per heavy atom. The number of nitrogens with one attached hydrogen (secondary N) is 1. The van der Waals surface area contributed by atoms with Crippen molar-refractivity contribution in [1.29, 1.82) is 0 Å². The van der Waals surface area contributed by atoms with Gasteiger partial charge in [0, 0.05) is 30.6 Å². The SMILES string of the molecule is C[C@@H]1CN(S(=O)(=O)c2ccc(CNC3CC3)s2)C[C@H](C)O1. The molecule has 2 atom stereocenters. The largest absolute Gasteiger partial charge is 0.373 e. The first-order valence-electron chi connectivity index (χ1n) is 7.43. The molecule has 7 heteroatoms. The highest BCUT2D eigenvalue weighted by molar-refractivity contribution is 7.91. The van der Waals surface area contributed by atoms with Crippen molar-refractivity contribution in [2.45, 2.75) is 55.7 Å². The van der Waals surface area contributed by atoms with Crippen molar-refractivity contribution in [1.82, 2.24) is 9.62 Å². The van der Waals surface area contributed by atoms with Gasteiger partial charge in [-0.1, -0.05) is 0 Å². The number of sulfonamides is 1. The van der Waals surface area contributed by atoms with Crippen LogP contribution in [0.2, 0.25) is 0 Å². The number of hydrogen-bond donors (Lipinski definition) is 1. The van der Waals surface area contributed by atoms with Gasteiger partial charge in [0.25, 0.3) is 10.0 Å². The van der Waals surface area contributed by atoms with Crippen molar-refractivity contribution >= 4 is 21.4 Å². The van der Waals surface area contributed by atoms with E-state index in [1.54, 1.807) is 10.4 Å². The smallest absolute Gasteiger partial charge is 0.252 e. The molecule has 118 valence electrons. The third-order valence-corrected chi connectivity index (χ3v) is 7.14. The summed E-state index contributed by atoms with van der Waals surface area (Å²) in [6, 6.07) is 4.28. The molecule has 0 bridgehead atoms. The Kier molecular flexibility index (Phi) is 4.38. The van der Waals surface area contributed by atoms with Crippen LogP contribution in [0.15, 0.2) is 16.3 Å². The number of thiophene rings is 1. The maximum absolute atomic E-state index is 12.7. The van der Waals surface area contributed by atoms with Crippen LogP contribution in [0.4, 0.5) is 0 Å². The van der Waals surface area contributed by atoms with Crippen LogP contribution in [-0.4, -0.2) is 44.1 Å². The molecule has 2 heterocycles. The monoisotopic (exact) mass is 330 g/mol. The molecule has 1 saturated carbocycles. The zero-order chi connectivity index (χ0) is 15.0. The average molecular weight is 330 g/mol. The zero-order valence-corrected chi connectivity index (χ0v) is 14.0. The Balaban J connectivity index is 1.71. The Morgan fingerprint density at radius 1 is 1.29 bits per heavy atom. The van der Waals surface area contributed by atoms with E-state index in [9.17, 15) is 8.42 Å². The fourth-order valence-electron chi connectivity index (χ4n) is 2.58. The molecule has 0 aromatic carbocycles. The van der Waals surface area contributed by atoms with Gasteiger partial charge in [-0.25, -0.2) is 8.42 Å². The molecule has 2 fully saturated rings. The molecule has 0 amide bonds. The van der Waals surface area contributed by atoms with Crippen molar-refractivity contribution in [3.63, 3.8) is 0 Å². The molecule has 21 heavy (non-hydrogen) atoms. The highest BCUT2D eigenvalue weighted by Crippen LogP contribution is 2.28. The summed E-state index contributed by atoms with van der Waals surface area (Å²) >= 11 is 1.37. The summed E-state index contributed by atoms with van der Waals surface area (Å²) < 4.78 is 33.0. The second-order valence-corrected chi connectivity index (χ2v) is 9.29. The molecule has 1 aromatic rings. The fraction of sp³-hybridized carbons (Fsp3) is 0.714. The molecule has 0 spiro atoms. The van der Waals surface area contributed by atoms with Gasteiger partial charge in [-0.2, -0.15) is 4.31 Å². The molecule has 3 rings (SSSR count). The van der Waals surface area contributed by atoms with Gasteiger partial charge in [-0.05, 0) is 38.8 Å². The van der Waals surface area contributed by atoms with Crippen molar-refractivity contribution in [3.8, 4) is 0 Å². The van der Waals surface area contributed by atoms with Gasteiger partial charge < -0.3 is 10.1 Å². The standard InChI is InChI=1S/C14H22N2O3S2/c1-10-8-16(9-11(2)19-10)21(17,18)14-6-5-13(20-14)7-15-12-3-4-12/h5-6,10-12,15H,3-4,7-9H2,1-2H3/t10-,11+. The van der Waals surface area contributed by atoms with Gasteiger partial charge in [-0.3, -0.25) is 0 Å². The summed E-state index contributed by atoms with van der Waals surface area (Å²) in [7, 11) is -3.39. The lowest BCUT2D eigenvalue weighted by atomic mass is 10.3. The van der Waals surface area contributed by atoms with E-state index >= 15 is 0 Å². The van der Waals surface area contributed by atoms with Gasteiger partial charge in [0.05, 0.1) is 12.2 Å². The summed E-state index contributed by atoms with van der Waals surface area (Å²) in [6.07, 6.45) is 2.36. The van der Waals surface area contributed by atoms with E-state index in [1.165, 1.54) is 24.2 Å². The van der Waals surface area contributed by atoms with Crippen LogP contribution >= 0.6 is 11.3 Å². The molecular weight excluding hydrogens is 308 g/mol. The van der Waals surface area contributed by atoms with Crippen LogP contribution < -0.4 is 5.32 Å². The van der Waals surface area contributed by atoms with Gasteiger partial charge in [0.2, 0.25) is 0 Å². The Morgan fingerprint density at radius 3 is 2.57 bits per heavy atom. The van der Waals surface area contributed by atoms with Gasteiger partial charge in [0.15, 0.2) is 0 Å². The molecule has 1 aromatic heterocycles. The number of hydrogen-bond acceptors (Lipinski definition) is 5. The lowest BCUT2D eigenvalue weighted by molar-refractivity contribution is -0.0440. The molecule has 1 saturated heterocycles. The minimum atomic E-state index is -3.39. The van der Waals surface area contributed by atoms with E-state index in [1.807, 2.05) is 19.9 Å². The minimum absolute atomic E-state index is 0.0560. The highest BCUT2D eigenvalue weighted by Gasteiger charge is 2.33. The summed E-state index contributed by atoms with van der Waals surface area (Å²) in [5, 5.41) is 3.41. The van der Waals surface area contributed by atoms with E-state index in [-0.39, 0.29) is 12.2 Å². The van der Waals surface area contributed by atoms with Crippen molar-refractivity contribution in [2.75, 3.05) is 13.1 Å². The third-order valence-electron chi connectivity index (χ3n) is 3.76. The second-order valence-electron chi connectivity index (χ2n) is 5.96. The Bertz CT molecular complexity index is 585. The normalized spacial score (nSPS) is 27.9. The first kappa shape index (κ1) is 15.4. The average Bonchev–Trinajstić information content (AvgIpc) is 3.11. The number of rotatable bonds is 5. The van der Waals surface area contributed by atoms with Crippen molar-refractivity contribution < 1.29 is 13.2 Å². The van der Waals surface area contributed by atoms with E-state index < -0.39 is 10.0 Å². The fourth-order valence-corrected chi connectivity index (χ4v) is 5.63. The van der Waals surface area contributed by atoms with Gasteiger partial charge in [-0.15, -0.1) is 11.3 Å². The lowest BCUT2D eigenvalue weighted by Crippen LogP contribution is -2.47. The maximum atomic E-state index is 12.7. The van der Waals surface area contributed by atoms with Crippen LogP contribution in [-0.2, 0) is 21.3 Å². The summed E-state index contributed by atoms with van der Waals surface area (Å²) in [6.45, 7) is 5.45. The number of morpholine rings is 1. The molecule has 1 N–H and O–H groups in total. The minimum Gasteiger partial charge on any atom is -0.373 e. The summed E-state index contributed by atoms with van der Waals surface area (Å²) in [5.41, 5.74) is 0. The quantitative estimate of drug-likeness (QED) is 0.894. The molecule has 2 aliphatic rings. The molecular formula is C14H22N2O3S2. The topological polar surface area (TPSA) is 58.6 Å². The van der Waals surface area contributed by atoms with Crippen LogP contribution in [0.5, 0.6) is 0 Å². The molecule has 1 aliphatic carbocycles. The molecule has 0 unspecified atom stereocenters. The maximum Gasteiger partial charge on any atom is 0.252 e. The van der Waals surface area contributed by atoms with E-state index in [4.69, 9.17) is 4.74 Å². The van der Waals surface area contributed by atoms with Crippen LogP contribution in [0.3, 0.4) is 0 Å². The second kappa shape index (κ2) is 5.96. The Labute approximate surface area is 130 Å². The number of ether oxygens (including phenoxy) is 1. The Hall–Kier alpha value is -0.470. The van der Waals surface area contributed by atoms with Crippen LogP contribution in [0.25, 0.3) is 0 Å². The molecule has 0 radical (unpaired) electrons. The summed E-state index contributed by atoms with van der Waals surface area (Å²) in [5.74, 6) is 0. The predicted molar refractivity (Wildman–Crippen MR) is 82.9 cm³/mol. The van der Waals surface area contributed by atoms with Crippen LogP contribution in [0.1, 0.15) is 31.6 Å². The van der Waals surface area contributed by atoms with Gasteiger partial charge in [0.1, 0.15) is 4.21 Å². The van der Waals surface area contributed by atoms with Crippen molar-refractivity contribution in [2.24, 2.45) is 0 Å². The first-order valence-corrected chi connectivity index (χ1v) is 9.68. The molecule has 5 nitrogen and oxygen atoms in total. The summed E-state index contributed by atoms with van der Waals surface area (Å²) in [4.78, 5) is 1.08. The first-order chi connectivity index (χ1) is 9.95. The predicted octanol–water partition coefficient (Wildman–Crippen LogP) is 1.80. The van der Waals surface area contributed by atoms with E-state index in [0.29, 0.717) is 23.3 Å².